The number of carboxylic acid groups (broad SMARTS) is 1. The molecule has 0 bridgehead atoms. The zero-order chi connectivity index (χ0) is 26.6. The number of aromatic nitrogens is 2. The molecule has 0 aliphatic heterocycles. The molecule has 0 atom stereocenters. The molecule has 0 fully saturated rings. The molecule has 1 aromatic heterocycles. The van der Waals surface area contributed by atoms with Gasteiger partial charge in [0.25, 0.3) is 0 Å². The molecule has 0 aliphatic rings. The molecule has 6 rings (SSSR count). The summed E-state index contributed by atoms with van der Waals surface area (Å²) in [4.78, 5) is 16.6. The molecule has 1 N–H and O–H groups in total. The van der Waals surface area contributed by atoms with E-state index in [9.17, 15) is 9.90 Å². The lowest BCUT2D eigenvalue weighted by Crippen LogP contribution is -2.03. The highest BCUT2D eigenvalue weighted by molar-refractivity contribution is 5.96. The summed E-state index contributed by atoms with van der Waals surface area (Å²) in [6.07, 6.45) is 0. The summed E-state index contributed by atoms with van der Waals surface area (Å²) in [5, 5.41) is 9.57. The molecule has 1 heterocycles. The number of fused-ring (bicyclic) bond motifs is 1. The number of carbonyl (C=O) groups is 1. The van der Waals surface area contributed by atoms with Gasteiger partial charge in [0.15, 0.2) is 0 Å². The fourth-order valence-electron chi connectivity index (χ4n) is 4.79. The maximum atomic E-state index is 11.7. The van der Waals surface area contributed by atoms with Crippen LogP contribution in [0.25, 0.3) is 33.5 Å². The van der Waals surface area contributed by atoms with Crippen LogP contribution in [0.4, 0.5) is 0 Å². The number of aromatic carboxylic acids is 1. The molecule has 0 unspecified atom stereocenters. The van der Waals surface area contributed by atoms with E-state index in [-0.39, 0.29) is 0 Å². The predicted octanol–water partition coefficient (Wildman–Crippen LogP) is 7.70. The van der Waals surface area contributed by atoms with Crippen molar-refractivity contribution >= 4 is 17.0 Å². The molecule has 6 aromatic rings. The number of carboxylic acids is 1. The van der Waals surface area contributed by atoms with E-state index < -0.39 is 5.97 Å². The largest absolute Gasteiger partial charge is 0.489 e. The maximum absolute atomic E-state index is 11.7. The third kappa shape index (κ3) is 5.15. The Morgan fingerprint density at radius 3 is 2.13 bits per heavy atom. The first-order valence-electron chi connectivity index (χ1n) is 12.8. The van der Waals surface area contributed by atoms with Crippen LogP contribution in [0.5, 0.6) is 5.75 Å². The number of ether oxygens (including phenoxy) is 1. The third-order valence-corrected chi connectivity index (χ3v) is 6.78. The fraction of sp³-hybridized carbons (Fsp3) is 0.0588. The Bertz CT molecular complexity index is 1740. The minimum atomic E-state index is -0.930. The Morgan fingerprint density at radius 2 is 1.36 bits per heavy atom. The van der Waals surface area contributed by atoms with Crippen LogP contribution in [0.15, 0.2) is 127 Å². The number of imidazole rings is 1. The van der Waals surface area contributed by atoms with Gasteiger partial charge in [0.05, 0.1) is 16.6 Å². The van der Waals surface area contributed by atoms with Crippen LogP contribution in [0.3, 0.4) is 0 Å². The number of hydrogen-bond acceptors (Lipinski definition) is 3. The van der Waals surface area contributed by atoms with Gasteiger partial charge in [-0.15, -0.1) is 0 Å². The Balaban J connectivity index is 1.28. The lowest BCUT2D eigenvalue weighted by Gasteiger charge is -2.12. The quantitative estimate of drug-likeness (QED) is 0.228. The summed E-state index contributed by atoms with van der Waals surface area (Å²) in [6.45, 7) is 1.15. The van der Waals surface area contributed by atoms with Crippen LogP contribution in [0, 0.1) is 0 Å². The minimum absolute atomic E-state index is 0.296. The fourth-order valence-corrected chi connectivity index (χ4v) is 4.79. The first-order valence-corrected chi connectivity index (χ1v) is 12.8. The maximum Gasteiger partial charge on any atom is 0.336 e. The molecule has 5 nitrogen and oxygen atoms in total. The number of hydrogen-bond donors (Lipinski definition) is 1. The molecule has 39 heavy (non-hydrogen) atoms. The summed E-state index contributed by atoms with van der Waals surface area (Å²) in [5.74, 6) is 0.759. The van der Waals surface area contributed by atoms with E-state index in [0.29, 0.717) is 24.3 Å². The molecular formula is C34H26N2O3. The Kier molecular flexibility index (Phi) is 6.62. The summed E-state index contributed by atoms with van der Waals surface area (Å²) < 4.78 is 8.19. The average molecular weight is 511 g/mol. The van der Waals surface area contributed by atoms with Crippen LogP contribution >= 0.6 is 0 Å². The van der Waals surface area contributed by atoms with Gasteiger partial charge < -0.3 is 14.4 Å². The molecule has 0 saturated heterocycles. The van der Waals surface area contributed by atoms with E-state index in [0.717, 1.165) is 44.9 Å². The second-order valence-electron chi connectivity index (χ2n) is 9.36. The zero-order valence-corrected chi connectivity index (χ0v) is 21.2. The van der Waals surface area contributed by atoms with Crippen molar-refractivity contribution in [1.29, 1.82) is 0 Å². The van der Waals surface area contributed by atoms with Gasteiger partial charge in [-0.2, -0.15) is 0 Å². The third-order valence-electron chi connectivity index (χ3n) is 6.78. The lowest BCUT2D eigenvalue weighted by molar-refractivity contribution is 0.0697. The first-order chi connectivity index (χ1) is 19.2. The van der Waals surface area contributed by atoms with Crippen molar-refractivity contribution in [1.82, 2.24) is 9.55 Å². The number of para-hydroxylation sites is 2. The molecule has 0 saturated carbocycles. The van der Waals surface area contributed by atoms with Crippen LogP contribution in [-0.4, -0.2) is 20.6 Å². The Morgan fingerprint density at radius 1 is 0.692 bits per heavy atom. The molecule has 0 aliphatic carbocycles. The topological polar surface area (TPSA) is 64.3 Å². The molecular weight excluding hydrogens is 484 g/mol. The first kappa shape index (κ1) is 24.2. The van der Waals surface area contributed by atoms with Crippen molar-refractivity contribution in [2.45, 2.75) is 13.2 Å². The highest BCUT2D eigenvalue weighted by Gasteiger charge is 2.14. The van der Waals surface area contributed by atoms with E-state index in [2.05, 4.69) is 10.6 Å². The van der Waals surface area contributed by atoms with E-state index >= 15 is 0 Å². The minimum Gasteiger partial charge on any atom is -0.489 e. The van der Waals surface area contributed by atoms with Crippen LogP contribution < -0.4 is 4.74 Å². The van der Waals surface area contributed by atoms with Crippen molar-refractivity contribution in [2.75, 3.05) is 0 Å². The predicted molar refractivity (Wildman–Crippen MR) is 154 cm³/mol. The standard InChI is InChI=1S/C34H26N2O3/c37-34(38)30-11-5-4-10-29(30)26-16-14-24(15-17-26)22-36-32-13-7-6-12-31(32)35-33(36)27-18-20-28(21-19-27)39-23-25-8-2-1-3-9-25/h1-21H,22-23H2,(H,37,38). The van der Waals surface area contributed by atoms with Crippen LogP contribution in [0.2, 0.25) is 0 Å². The molecule has 0 radical (unpaired) electrons. The van der Waals surface area contributed by atoms with Crippen LogP contribution in [0.1, 0.15) is 21.5 Å². The molecule has 0 amide bonds. The van der Waals surface area contributed by atoms with Gasteiger partial charge in [-0.1, -0.05) is 84.9 Å². The summed E-state index contributed by atoms with van der Waals surface area (Å²) in [6, 6.07) is 41.4. The molecule has 0 spiro atoms. The summed E-state index contributed by atoms with van der Waals surface area (Å²) >= 11 is 0. The summed E-state index contributed by atoms with van der Waals surface area (Å²) in [7, 11) is 0. The average Bonchev–Trinajstić information content (AvgIpc) is 3.35. The van der Waals surface area contributed by atoms with Gasteiger partial charge >= 0.3 is 5.97 Å². The SMILES string of the molecule is O=C(O)c1ccccc1-c1ccc(Cn2c(-c3ccc(OCc4ccccc4)cc3)nc3ccccc32)cc1. The van der Waals surface area contributed by atoms with E-state index in [1.807, 2.05) is 109 Å². The van der Waals surface area contributed by atoms with Crippen molar-refractivity contribution in [3.8, 4) is 28.3 Å². The van der Waals surface area contributed by atoms with Crippen molar-refractivity contribution in [3.05, 3.63) is 144 Å². The lowest BCUT2D eigenvalue weighted by atomic mass is 9.99. The molecule has 5 heteroatoms. The van der Waals surface area contributed by atoms with Gasteiger partial charge in [-0.3, -0.25) is 0 Å². The van der Waals surface area contributed by atoms with Gasteiger partial charge in [-0.05, 0) is 64.7 Å². The van der Waals surface area contributed by atoms with E-state index in [1.165, 1.54) is 0 Å². The van der Waals surface area contributed by atoms with Gasteiger partial charge in [0.1, 0.15) is 18.2 Å². The van der Waals surface area contributed by atoms with Gasteiger partial charge in [0.2, 0.25) is 0 Å². The zero-order valence-electron chi connectivity index (χ0n) is 21.2. The number of nitrogens with zero attached hydrogens (tertiary/aromatic N) is 2. The summed E-state index contributed by atoms with van der Waals surface area (Å²) in [5.41, 5.74) is 7.09. The number of benzene rings is 5. The van der Waals surface area contributed by atoms with Crippen molar-refractivity contribution in [3.63, 3.8) is 0 Å². The molecule has 190 valence electrons. The molecule has 5 aromatic carbocycles. The Hall–Kier alpha value is -5.16. The van der Waals surface area contributed by atoms with Gasteiger partial charge in [0, 0.05) is 12.1 Å². The van der Waals surface area contributed by atoms with Crippen molar-refractivity contribution in [2.24, 2.45) is 0 Å². The highest BCUT2D eigenvalue weighted by atomic mass is 16.5. The monoisotopic (exact) mass is 510 g/mol. The van der Waals surface area contributed by atoms with E-state index in [1.54, 1.807) is 12.1 Å². The highest BCUT2D eigenvalue weighted by Crippen LogP contribution is 2.29. The van der Waals surface area contributed by atoms with Crippen LogP contribution in [-0.2, 0) is 13.2 Å². The second kappa shape index (κ2) is 10.7. The normalized spacial score (nSPS) is 11.0. The second-order valence-corrected chi connectivity index (χ2v) is 9.36. The van der Waals surface area contributed by atoms with Gasteiger partial charge in [-0.25, -0.2) is 9.78 Å². The van der Waals surface area contributed by atoms with Crippen molar-refractivity contribution < 1.29 is 14.6 Å². The smallest absolute Gasteiger partial charge is 0.336 e. The Labute approximate surface area is 226 Å². The number of rotatable bonds is 8. The van der Waals surface area contributed by atoms with E-state index in [4.69, 9.17) is 9.72 Å².